The second-order valence-electron chi connectivity index (χ2n) is 6.79. The van der Waals surface area contributed by atoms with E-state index in [0.29, 0.717) is 18.7 Å². The molecule has 0 bridgehead atoms. The van der Waals surface area contributed by atoms with Gasteiger partial charge in [-0.25, -0.2) is 4.98 Å². The van der Waals surface area contributed by atoms with Gasteiger partial charge in [0.05, 0.1) is 35.8 Å². The molecule has 0 spiro atoms. The van der Waals surface area contributed by atoms with Crippen molar-refractivity contribution in [2.45, 2.75) is 12.6 Å². The predicted octanol–water partition coefficient (Wildman–Crippen LogP) is 2.45. The number of benzene rings is 1. The Labute approximate surface area is 177 Å². The van der Waals surface area contributed by atoms with E-state index in [9.17, 15) is 23.2 Å². The summed E-state index contributed by atoms with van der Waals surface area (Å²) in [6, 6.07) is 6.88. The molecule has 0 atom stereocenters. The minimum Gasteiger partial charge on any atom is -0.493 e. The number of nitrogens with one attached hydrogen (secondary N) is 1. The summed E-state index contributed by atoms with van der Waals surface area (Å²) in [6.45, 7) is 0.506. The van der Waals surface area contributed by atoms with Crippen LogP contribution in [0, 0.1) is 11.3 Å². The van der Waals surface area contributed by atoms with Crippen LogP contribution in [0.2, 0.25) is 0 Å². The van der Waals surface area contributed by atoms with Crippen molar-refractivity contribution in [3.63, 3.8) is 0 Å². The lowest BCUT2D eigenvalue weighted by Gasteiger charge is -2.17. The Bertz CT molecular complexity index is 988. The van der Waals surface area contributed by atoms with Crippen molar-refractivity contribution in [1.82, 2.24) is 9.88 Å². The number of anilines is 2. The zero-order valence-corrected chi connectivity index (χ0v) is 17.1. The summed E-state index contributed by atoms with van der Waals surface area (Å²) in [6.07, 6.45) is -4.26. The molecular formula is C20H23F3N6O2. The number of nitrogen functional groups attached to an aromatic ring is 1. The van der Waals surface area contributed by atoms with Gasteiger partial charge >= 0.3 is 6.18 Å². The van der Waals surface area contributed by atoms with Crippen LogP contribution in [0.15, 0.2) is 24.3 Å². The Morgan fingerprint density at radius 1 is 1.35 bits per heavy atom. The SMILES string of the molecule is CNc1cc(-c2ccc(OCCCN(C)CC(N)=O)c(C(F)(F)F)c2)nc(C#N)c1N. The van der Waals surface area contributed by atoms with Gasteiger partial charge in [0.15, 0.2) is 5.69 Å². The van der Waals surface area contributed by atoms with Gasteiger partial charge < -0.3 is 21.5 Å². The number of aromatic nitrogens is 1. The van der Waals surface area contributed by atoms with Gasteiger partial charge in [0.25, 0.3) is 0 Å². The number of nitrogens with zero attached hydrogens (tertiary/aromatic N) is 3. The van der Waals surface area contributed by atoms with E-state index < -0.39 is 17.6 Å². The summed E-state index contributed by atoms with van der Waals surface area (Å²) in [5, 5.41) is 12.0. The van der Waals surface area contributed by atoms with Crippen molar-refractivity contribution in [2.24, 2.45) is 5.73 Å². The average Bonchev–Trinajstić information content (AvgIpc) is 2.70. The molecule has 1 aromatic carbocycles. The van der Waals surface area contributed by atoms with Gasteiger partial charge in [0.2, 0.25) is 5.91 Å². The third-order valence-corrected chi connectivity index (χ3v) is 4.38. The summed E-state index contributed by atoms with van der Waals surface area (Å²) in [7, 11) is 3.25. The van der Waals surface area contributed by atoms with E-state index in [1.54, 1.807) is 19.0 Å². The third kappa shape index (κ3) is 6.23. The molecule has 2 rings (SSSR count). The van der Waals surface area contributed by atoms with E-state index in [1.807, 2.05) is 6.07 Å². The minimum absolute atomic E-state index is 0.0220. The number of hydrogen-bond donors (Lipinski definition) is 3. The summed E-state index contributed by atoms with van der Waals surface area (Å²) in [5.74, 6) is -0.811. The van der Waals surface area contributed by atoms with Crippen LogP contribution >= 0.6 is 0 Å². The molecule has 0 saturated heterocycles. The van der Waals surface area contributed by atoms with Crippen LogP contribution in [0.5, 0.6) is 5.75 Å². The molecule has 0 aliphatic carbocycles. The molecule has 2 aromatic rings. The molecule has 0 radical (unpaired) electrons. The zero-order valence-electron chi connectivity index (χ0n) is 17.1. The monoisotopic (exact) mass is 436 g/mol. The van der Waals surface area contributed by atoms with Crippen molar-refractivity contribution in [3.8, 4) is 23.1 Å². The van der Waals surface area contributed by atoms with Gasteiger partial charge in [-0.15, -0.1) is 0 Å². The number of pyridine rings is 1. The van der Waals surface area contributed by atoms with E-state index in [0.717, 1.165) is 6.07 Å². The average molecular weight is 436 g/mol. The van der Waals surface area contributed by atoms with Gasteiger partial charge in [-0.2, -0.15) is 18.4 Å². The highest BCUT2D eigenvalue weighted by Gasteiger charge is 2.35. The Hall–Kier alpha value is -3.52. The number of halogens is 3. The van der Waals surface area contributed by atoms with E-state index in [-0.39, 0.29) is 41.5 Å². The molecule has 0 fully saturated rings. The first kappa shape index (κ1) is 23.8. The molecule has 11 heteroatoms. The highest BCUT2D eigenvalue weighted by Crippen LogP contribution is 2.39. The van der Waals surface area contributed by atoms with Crippen molar-refractivity contribution < 1.29 is 22.7 Å². The first-order valence-electron chi connectivity index (χ1n) is 9.26. The Kier molecular flexibility index (Phi) is 7.66. The number of ether oxygens (including phenoxy) is 1. The zero-order chi connectivity index (χ0) is 23.2. The molecule has 0 aliphatic heterocycles. The number of primary amides is 1. The van der Waals surface area contributed by atoms with Crippen LogP contribution in [-0.2, 0) is 11.0 Å². The van der Waals surface area contributed by atoms with Gasteiger partial charge in [-0.1, -0.05) is 0 Å². The molecule has 166 valence electrons. The lowest BCUT2D eigenvalue weighted by molar-refractivity contribution is -0.139. The fourth-order valence-corrected chi connectivity index (χ4v) is 2.89. The van der Waals surface area contributed by atoms with Crippen LogP contribution in [0.4, 0.5) is 24.5 Å². The van der Waals surface area contributed by atoms with Gasteiger partial charge in [0, 0.05) is 19.2 Å². The Morgan fingerprint density at radius 2 is 2.06 bits per heavy atom. The summed E-state index contributed by atoms with van der Waals surface area (Å²) in [4.78, 5) is 16.6. The molecule has 5 N–H and O–H groups in total. The maximum atomic E-state index is 13.6. The van der Waals surface area contributed by atoms with E-state index in [2.05, 4.69) is 10.3 Å². The number of nitriles is 1. The Morgan fingerprint density at radius 3 is 2.65 bits per heavy atom. The molecule has 1 heterocycles. The standard InChI is InChI=1S/C20H23F3N6O2/c1-27-15-9-14(28-16(10-24)19(15)26)12-4-5-17(13(8-12)20(21,22)23)31-7-3-6-29(2)11-18(25)30/h4-5,8-9H,3,6-7,11,26H2,1-2H3,(H2,25,30)(H,27,28). The van der Waals surface area contributed by atoms with Crippen molar-refractivity contribution in [3.05, 3.63) is 35.5 Å². The van der Waals surface area contributed by atoms with E-state index in [1.165, 1.54) is 18.2 Å². The number of alkyl halides is 3. The second-order valence-corrected chi connectivity index (χ2v) is 6.79. The summed E-state index contributed by atoms with van der Waals surface area (Å²) in [5.41, 5.74) is 10.7. The highest BCUT2D eigenvalue weighted by molar-refractivity contribution is 5.77. The smallest absolute Gasteiger partial charge is 0.419 e. The van der Waals surface area contributed by atoms with Crippen molar-refractivity contribution in [2.75, 3.05) is 44.8 Å². The molecule has 1 aromatic heterocycles. The number of rotatable bonds is 9. The highest BCUT2D eigenvalue weighted by atomic mass is 19.4. The number of carbonyl (C=O) groups excluding carboxylic acids is 1. The fraction of sp³-hybridized carbons (Fsp3) is 0.350. The van der Waals surface area contributed by atoms with Crippen molar-refractivity contribution >= 4 is 17.3 Å². The molecule has 0 saturated carbocycles. The summed E-state index contributed by atoms with van der Waals surface area (Å²) >= 11 is 0. The van der Waals surface area contributed by atoms with Crippen LogP contribution < -0.4 is 21.5 Å². The molecule has 1 amide bonds. The quantitative estimate of drug-likeness (QED) is 0.515. The normalized spacial score (nSPS) is 11.3. The molecular weight excluding hydrogens is 413 g/mol. The predicted molar refractivity (Wildman–Crippen MR) is 110 cm³/mol. The summed E-state index contributed by atoms with van der Waals surface area (Å²) < 4.78 is 46.3. The molecule has 0 aliphatic rings. The van der Waals surface area contributed by atoms with Gasteiger partial charge in [-0.3, -0.25) is 9.69 Å². The number of carbonyl (C=O) groups is 1. The lowest BCUT2D eigenvalue weighted by Crippen LogP contribution is -2.31. The number of hydrogen-bond acceptors (Lipinski definition) is 7. The van der Waals surface area contributed by atoms with Crippen LogP contribution in [-0.4, -0.2) is 49.6 Å². The largest absolute Gasteiger partial charge is 0.493 e. The minimum atomic E-state index is -4.66. The molecule has 8 nitrogen and oxygen atoms in total. The lowest BCUT2D eigenvalue weighted by atomic mass is 10.0. The first-order chi connectivity index (χ1) is 14.6. The van der Waals surface area contributed by atoms with Gasteiger partial charge in [0.1, 0.15) is 11.8 Å². The van der Waals surface area contributed by atoms with Crippen LogP contribution in [0.25, 0.3) is 11.3 Å². The number of likely N-dealkylation sites (N-methyl/N-ethyl adjacent to an activating group) is 1. The first-order valence-corrected chi connectivity index (χ1v) is 9.26. The van der Waals surface area contributed by atoms with Crippen molar-refractivity contribution in [1.29, 1.82) is 5.26 Å². The van der Waals surface area contributed by atoms with Crippen LogP contribution in [0.1, 0.15) is 17.7 Å². The van der Waals surface area contributed by atoms with E-state index >= 15 is 0 Å². The van der Waals surface area contributed by atoms with Gasteiger partial charge in [-0.05, 0) is 37.7 Å². The second kappa shape index (κ2) is 9.99. The topological polar surface area (TPSA) is 130 Å². The fourth-order valence-electron chi connectivity index (χ4n) is 2.89. The number of amides is 1. The maximum Gasteiger partial charge on any atom is 0.419 e. The van der Waals surface area contributed by atoms with Crippen LogP contribution in [0.3, 0.4) is 0 Å². The maximum absolute atomic E-state index is 13.6. The molecule has 31 heavy (non-hydrogen) atoms. The van der Waals surface area contributed by atoms with E-state index in [4.69, 9.17) is 16.2 Å². The Balaban J connectivity index is 2.27. The molecule has 0 unspecified atom stereocenters. The third-order valence-electron chi connectivity index (χ3n) is 4.38. The number of nitrogens with two attached hydrogens (primary N) is 2.